The van der Waals surface area contributed by atoms with Gasteiger partial charge in [-0.05, 0) is 43.3 Å². The Morgan fingerprint density at radius 3 is 2.59 bits per heavy atom. The number of nitrogen functional groups attached to an aromatic ring is 1. The molecule has 0 aliphatic carbocycles. The summed E-state index contributed by atoms with van der Waals surface area (Å²) in [4.78, 5) is 27.7. The van der Waals surface area contributed by atoms with Gasteiger partial charge in [-0.2, -0.15) is 0 Å². The maximum Gasteiger partial charge on any atom is 0.255 e. The SMILES string of the molecule is Cc1ccc(S(=O)(=O)c2ncc(CN3CCc4nc(-c5ccc(N)cc5)[nH]c(=O)c4C3)s2)cc1. The summed E-state index contributed by atoms with van der Waals surface area (Å²) in [5.74, 6) is 0.533. The zero-order chi connectivity index (χ0) is 23.9. The summed E-state index contributed by atoms with van der Waals surface area (Å²) in [5.41, 5.74) is 9.48. The van der Waals surface area contributed by atoms with Gasteiger partial charge >= 0.3 is 0 Å². The Morgan fingerprint density at radius 1 is 1.12 bits per heavy atom. The minimum Gasteiger partial charge on any atom is -0.399 e. The van der Waals surface area contributed by atoms with Crippen molar-refractivity contribution >= 4 is 26.9 Å². The molecule has 0 radical (unpaired) electrons. The number of fused-ring (bicyclic) bond motifs is 1. The summed E-state index contributed by atoms with van der Waals surface area (Å²) in [6.45, 7) is 3.58. The third kappa shape index (κ3) is 4.39. The number of aromatic amines is 1. The molecule has 2 aromatic heterocycles. The number of hydrogen-bond acceptors (Lipinski definition) is 8. The molecule has 0 spiro atoms. The second kappa shape index (κ2) is 8.79. The average molecular weight is 494 g/mol. The number of hydrogen-bond donors (Lipinski definition) is 2. The van der Waals surface area contributed by atoms with Crippen LogP contribution in [0.1, 0.15) is 21.7 Å². The number of anilines is 1. The Morgan fingerprint density at radius 2 is 1.85 bits per heavy atom. The summed E-state index contributed by atoms with van der Waals surface area (Å²) < 4.78 is 25.9. The fraction of sp³-hybridized carbons (Fsp3) is 0.208. The first-order valence-corrected chi connectivity index (χ1v) is 13.1. The van der Waals surface area contributed by atoms with Gasteiger partial charge in [0.1, 0.15) is 5.82 Å². The van der Waals surface area contributed by atoms with Gasteiger partial charge in [0.05, 0.1) is 16.2 Å². The van der Waals surface area contributed by atoms with Gasteiger partial charge < -0.3 is 10.7 Å². The van der Waals surface area contributed by atoms with Crippen LogP contribution in [0.5, 0.6) is 0 Å². The van der Waals surface area contributed by atoms with Crippen LogP contribution in [0.15, 0.2) is 68.8 Å². The molecule has 1 aliphatic rings. The zero-order valence-electron chi connectivity index (χ0n) is 18.5. The number of sulfone groups is 1. The molecule has 0 fully saturated rings. The van der Waals surface area contributed by atoms with E-state index in [9.17, 15) is 13.2 Å². The highest BCUT2D eigenvalue weighted by molar-refractivity contribution is 7.93. The Balaban J connectivity index is 1.33. The molecule has 3 N–H and O–H groups in total. The number of rotatable bonds is 5. The van der Waals surface area contributed by atoms with E-state index in [2.05, 4.69) is 19.9 Å². The van der Waals surface area contributed by atoms with Crippen LogP contribution in [-0.4, -0.2) is 34.8 Å². The molecule has 0 saturated heterocycles. The standard InChI is InChI=1S/C24H23N5O3S2/c1-15-2-8-19(9-3-15)34(31,32)24-26-12-18(33-24)13-29-11-10-21-20(14-29)23(30)28-22(27-21)16-4-6-17(25)7-5-16/h2-9,12H,10-11,13-14,25H2,1H3,(H,27,28,30). The third-order valence-corrected chi connectivity index (χ3v) is 8.95. The molecule has 5 rings (SSSR count). The first-order valence-electron chi connectivity index (χ1n) is 10.8. The van der Waals surface area contributed by atoms with E-state index >= 15 is 0 Å². The molecule has 0 amide bonds. The van der Waals surface area contributed by atoms with E-state index in [1.165, 1.54) is 11.3 Å². The van der Waals surface area contributed by atoms with Crippen molar-refractivity contribution < 1.29 is 8.42 Å². The Bertz CT molecular complexity index is 1510. The van der Waals surface area contributed by atoms with Crippen LogP contribution in [0.2, 0.25) is 0 Å². The average Bonchev–Trinajstić information content (AvgIpc) is 3.29. The number of H-pyrrole nitrogens is 1. The van der Waals surface area contributed by atoms with Gasteiger partial charge in [0, 0.05) is 48.4 Å². The van der Waals surface area contributed by atoms with Gasteiger partial charge in [0.15, 0.2) is 0 Å². The van der Waals surface area contributed by atoms with Crippen LogP contribution >= 0.6 is 11.3 Å². The molecule has 3 heterocycles. The van der Waals surface area contributed by atoms with Crippen molar-refractivity contribution in [3.05, 3.63) is 86.8 Å². The fourth-order valence-corrected chi connectivity index (χ4v) is 6.54. The highest BCUT2D eigenvalue weighted by Crippen LogP contribution is 2.27. The Kier molecular flexibility index (Phi) is 5.80. The second-order valence-corrected chi connectivity index (χ2v) is 11.6. The van der Waals surface area contributed by atoms with Crippen molar-refractivity contribution in [2.75, 3.05) is 12.3 Å². The topological polar surface area (TPSA) is 122 Å². The highest BCUT2D eigenvalue weighted by atomic mass is 32.2. The van der Waals surface area contributed by atoms with Crippen molar-refractivity contribution in [2.24, 2.45) is 0 Å². The van der Waals surface area contributed by atoms with Gasteiger partial charge in [-0.1, -0.05) is 17.7 Å². The van der Waals surface area contributed by atoms with Crippen LogP contribution in [0, 0.1) is 6.92 Å². The molecule has 0 unspecified atom stereocenters. The van der Waals surface area contributed by atoms with E-state index in [0.717, 1.165) is 21.7 Å². The largest absolute Gasteiger partial charge is 0.399 e. The molecule has 34 heavy (non-hydrogen) atoms. The fourth-order valence-electron chi connectivity index (χ4n) is 3.92. The molecular formula is C24H23N5O3S2. The third-order valence-electron chi connectivity index (χ3n) is 5.80. The first kappa shape index (κ1) is 22.5. The van der Waals surface area contributed by atoms with E-state index in [4.69, 9.17) is 5.73 Å². The van der Waals surface area contributed by atoms with Crippen LogP contribution < -0.4 is 11.3 Å². The number of nitrogens with zero attached hydrogens (tertiary/aromatic N) is 3. The van der Waals surface area contributed by atoms with E-state index < -0.39 is 9.84 Å². The van der Waals surface area contributed by atoms with Crippen LogP contribution in [0.3, 0.4) is 0 Å². The lowest BCUT2D eigenvalue weighted by Gasteiger charge is -2.27. The minimum atomic E-state index is -3.65. The number of benzene rings is 2. The van der Waals surface area contributed by atoms with Crippen molar-refractivity contribution in [1.29, 1.82) is 0 Å². The number of thiazole rings is 1. The molecule has 0 bridgehead atoms. The number of aryl methyl sites for hydroxylation is 1. The predicted molar refractivity (Wildman–Crippen MR) is 131 cm³/mol. The van der Waals surface area contributed by atoms with E-state index in [1.54, 1.807) is 42.6 Å². The summed E-state index contributed by atoms with van der Waals surface area (Å²) in [7, 11) is -3.65. The molecule has 0 saturated carbocycles. The molecule has 8 nitrogen and oxygen atoms in total. The monoisotopic (exact) mass is 493 g/mol. The van der Waals surface area contributed by atoms with E-state index in [-0.39, 0.29) is 14.8 Å². The molecule has 174 valence electrons. The van der Waals surface area contributed by atoms with Crippen molar-refractivity contribution in [3.8, 4) is 11.4 Å². The molecule has 1 aliphatic heterocycles. The summed E-state index contributed by atoms with van der Waals surface area (Å²) in [6.07, 6.45) is 2.24. The number of aromatic nitrogens is 3. The Labute approximate surface area is 201 Å². The van der Waals surface area contributed by atoms with Crippen molar-refractivity contribution in [3.63, 3.8) is 0 Å². The van der Waals surface area contributed by atoms with Crippen LogP contribution in [0.25, 0.3) is 11.4 Å². The Hall–Kier alpha value is -3.34. The van der Waals surface area contributed by atoms with Crippen LogP contribution in [-0.2, 0) is 29.3 Å². The lowest BCUT2D eigenvalue weighted by Crippen LogP contribution is -2.35. The lowest BCUT2D eigenvalue weighted by atomic mass is 10.1. The van der Waals surface area contributed by atoms with E-state index in [0.29, 0.717) is 43.1 Å². The predicted octanol–water partition coefficient (Wildman–Crippen LogP) is 3.18. The number of nitrogens with one attached hydrogen (secondary N) is 1. The molecule has 2 aromatic carbocycles. The maximum absolute atomic E-state index is 12.9. The number of nitrogens with two attached hydrogens (primary N) is 1. The zero-order valence-corrected chi connectivity index (χ0v) is 20.1. The smallest absolute Gasteiger partial charge is 0.255 e. The molecule has 0 atom stereocenters. The molecular weight excluding hydrogens is 470 g/mol. The summed E-state index contributed by atoms with van der Waals surface area (Å²) in [5, 5.41) is 0. The summed E-state index contributed by atoms with van der Waals surface area (Å²) in [6, 6.07) is 14.0. The van der Waals surface area contributed by atoms with Gasteiger partial charge in [-0.25, -0.2) is 18.4 Å². The highest BCUT2D eigenvalue weighted by Gasteiger charge is 2.25. The summed E-state index contributed by atoms with van der Waals surface area (Å²) >= 11 is 1.17. The normalized spacial score (nSPS) is 14.1. The molecule has 4 aromatic rings. The maximum atomic E-state index is 12.9. The molecule has 10 heteroatoms. The van der Waals surface area contributed by atoms with Crippen molar-refractivity contribution in [2.45, 2.75) is 35.7 Å². The van der Waals surface area contributed by atoms with Crippen molar-refractivity contribution in [1.82, 2.24) is 19.9 Å². The second-order valence-electron chi connectivity index (χ2n) is 8.33. The first-order chi connectivity index (χ1) is 16.3. The van der Waals surface area contributed by atoms with Gasteiger partial charge in [0.2, 0.25) is 14.2 Å². The van der Waals surface area contributed by atoms with Crippen LogP contribution in [0.4, 0.5) is 5.69 Å². The van der Waals surface area contributed by atoms with E-state index in [1.807, 2.05) is 19.1 Å². The van der Waals surface area contributed by atoms with Gasteiger partial charge in [-0.15, -0.1) is 11.3 Å². The quantitative estimate of drug-likeness (QED) is 0.410. The van der Waals surface area contributed by atoms with Gasteiger partial charge in [-0.3, -0.25) is 9.69 Å². The lowest BCUT2D eigenvalue weighted by molar-refractivity contribution is 0.244. The minimum absolute atomic E-state index is 0.0800. The van der Waals surface area contributed by atoms with Gasteiger partial charge in [0.25, 0.3) is 5.56 Å².